The summed E-state index contributed by atoms with van der Waals surface area (Å²) < 4.78 is 0. The fourth-order valence-electron chi connectivity index (χ4n) is 1.67. The summed E-state index contributed by atoms with van der Waals surface area (Å²) in [5.41, 5.74) is 1.41. The zero-order chi connectivity index (χ0) is 11.9. The first-order chi connectivity index (χ1) is 8.40. The summed E-state index contributed by atoms with van der Waals surface area (Å²) >= 11 is 5.53. The first kappa shape index (κ1) is 12.7. The molecule has 17 heavy (non-hydrogen) atoms. The molecule has 0 fully saturated rings. The number of hydrogen-bond acceptors (Lipinski definition) is 1. The molecule has 0 aromatic heterocycles. The monoisotopic (exact) mass is 306 g/mol. The lowest BCUT2D eigenvalue weighted by Gasteiger charge is -2.13. The van der Waals surface area contributed by atoms with Crippen LogP contribution in [0.5, 0.6) is 0 Å². The molecule has 2 heteroatoms. The van der Waals surface area contributed by atoms with Gasteiger partial charge < -0.3 is 0 Å². The summed E-state index contributed by atoms with van der Waals surface area (Å²) in [6.07, 6.45) is 0. The Balaban J connectivity index is 1.97. The summed E-state index contributed by atoms with van der Waals surface area (Å²) in [4.78, 5) is 1.34. The molecule has 2 aromatic carbocycles. The first-order valence-corrected chi connectivity index (χ1v) is 7.79. The van der Waals surface area contributed by atoms with Crippen LogP contribution in [0.15, 0.2) is 65.6 Å². The van der Waals surface area contributed by atoms with Gasteiger partial charge in [-0.15, -0.1) is 11.8 Å². The largest absolute Gasteiger partial charge is 0.126 e. The third-order valence-electron chi connectivity index (χ3n) is 2.65. The van der Waals surface area contributed by atoms with Gasteiger partial charge >= 0.3 is 0 Å². The van der Waals surface area contributed by atoms with E-state index in [0.717, 1.165) is 11.1 Å². The van der Waals surface area contributed by atoms with E-state index in [1.165, 1.54) is 10.5 Å². The van der Waals surface area contributed by atoms with Crippen LogP contribution in [0.4, 0.5) is 0 Å². The van der Waals surface area contributed by atoms with Crippen molar-refractivity contribution in [2.24, 2.45) is 0 Å². The SMILES string of the molecule is BrCC(CSc1ccccc1)c1ccccc1. The molecule has 0 aliphatic heterocycles. The lowest BCUT2D eigenvalue weighted by Crippen LogP contribution is -2.03. The van der Waals surface area contributed by atoms with Gasteiger partial charge in [0.05, 0.1) is 0 Å². The molecule has 0 spiro atoms. The predicted octanol–water partition coefficient (Wildman–Crippen LogP) is 4.96. The van der Waals surface area contributed by atoms with Crippen molar-refractivity contribution in [2.75, 3.05) is 11.1 Å². The molecule has 0 nitrogen and oxygen atoms in total. The van der Waals surface area contributed by atoms with Gasteiger partial charge in [0.25, 0.3) is 0 Å². The molecule has 0 radical (unpaired) electrons. The average molecular weight is 307 g/mol. The van der Waals surface area contributed by atoms with E-state index >= 15 is 0 Å². The van der Waals surface area contributed by atoms with Gasteiger partial charge in [-0.25, -0.2) is 0 Å². The van der Waals surface area contributed by atoms with Gasteiger partial charge in [0, 0.05) is 21.9 Å². The number of halogens is 1. The van der Waals surface area contributed by atoms with E-state index in [1.54, 1.807) is 0 Å². The van der Waals surface area contributed by atoms with E-state index in [0.29, 0.717) is 5.92 Å². The smallest absolute Gasteiger partial charge is 0.0108 e. The Kier molecular flexibility index (Phi) is 5.14. The van der Waals surface area contributed by atoms with Gasteiger partial charge in [0.2, 0.25) is 0 Å². The highest BCUT2D eigenvalue weighted by atomic mass is 79.9. The van der Waals surface area contributed by atoms with Crippen LogP contribution in [0, 0.1) is 0 Å². The van der Waals surface area contributed by atoms with Crippen LogP contribution in [0.1, 0.15) is 11.5 Å². The summed E-state index contributed by atoms with van der Waals surface area (Å²) in [6, 6.07) is 21.3. The molecule has 0 bridgehead atoms. The van der Waals surface area contributed by atoms with E-state index in [2.05, 4.69) is 76.6 Å². The molecule has 88 valence electrons. The maximum atomic E-state index is 3.61. The number of alkyl halides is 1. The minimum absolute atomic E-state index is 0.571. The highest BCUT2D eigenvalue weighted by molar-refractivity contribution is 9.09. The van der Waals surface area contributed by atoms with Crippen LogP contribution in [0.3, 0.4) is 0 Å². The molecule has 0 aliphatic carbocycles. The average Bonchev–Trinajstić information content (AvgIpc) is 2.42. The van der Waals surface area contributed by atoms with E-state index in [-0.39, 0.29) is 0 Å². The quantitative estimate of drug-likeness (QED) is 0.556. The Bertz CT molecular complexity index is 427. The third-order valence-corrected chi connectivity index (χ3v) is 4.61. The molecular formula is C15H15BrS. The van der Waals surface area contributed by atoms with Crippen molar-refractivity contribution in [3.8, 4) is 0 Å². The Morgan fingerprint density at radius 2 is 1.47 bits per heavy atom. The van der Waals surface area contributed by atoms with Crippen molar-refractivity contribution in [1.82, 2.24) is 0 Å². The molecule has 1 atom stereocenters. The Hall–Kier alpha value is -0.730. The van der Waals surface area contributed by atoms with Crippen LogP contribution >= 0.6 is 27.7 Å². The van der Waals surface area contributed by atoms with Crippen molar-refractivity contribution in [1.29, 1.82) is 0 Å². The number of rotatable bonds is 5. The van der Waals surface area contributed by atoms with Crippen LogP contribution in [0.2, 0.25) is 0 Å². The fourth-order valence-corrected chi connectivity index (χ4v) is 3.63. The second kappa shape index (κ2) is 6.87. The summed E-state index contributed by atoms with van der Waals surface area (Å²) in [7, 11) is 0. The van der Waals surface area contributed by atoms with Crippen LogP contribution in [0.25, 0.3) is 0 Å². The van der Waals surface area contributed by atoms with Crippen molar-refractivity contribution < 1.29 is 0 Å². The third kappa shape index (κ3) is 3.90. The standard InChI is InChI=1S/C15H15BrS/c16-11-14(13-7-3-1-4-8-13)12-17-15-9-5-2-6-10-15/h1-10,14H,11-12H2. The highest BCUT2D eigenvalue weighted by Crippen LogP contribution is 2.27. The van der Waals surface area contributed by atoms with Gasteiger partial charge in [0.15, 0.2) is 0 Å². The molecule has 0 aliphatic rings. The molecule has 0 heterocycles. The van der Waals surface area contributed by atoms with Gasteiger partial charge in [-0.1, -0.05) is 64.5 Å². The minimum Gasteiger partial charge on any atom is -0.126 e. The molecule has 0 amide bonds. The van der Waals surface area contributed by atoms with Crippen molar-refractivity contribution >= 4 is 27.7 Å². The summed E-state index contributed by atoms with van der Waals surface area (Å²) in [5, 5.41) is 1.01. The minimum atomic E-state index is 0.571. The number of hydrogen-bond donors (Lipinski definition) is 0. The summed E-state index contributed by atoms with van der Waals surface area (Å²) in [6.45, 7) is 0. The van der Waals surface area contributed by atoms with Gasteiger partial charge in [-0.2, -0.15) is 0 Å². The van der Waals surface area contributed by atoms with E-state index in [9.17, 15) is 0 Å². The van der Waals surface area contributed by atoms with Gasteiger partial charge in [-0.3, -0.25) is 0 Å². The first-order valence-electron chi connectivity index (χ1n) is 5.69. The van der Waals surface area contributed by atoms with Crippen molar-refractivity contribution in [2.45, 2.75) is 10.8 Å². The maximum Gasteiger partial charge on any atom is 0.0108 e. The van der Waals surface area contributed by atoms with E-state index < -0.39 is 0 Å². The Labute approximate surface area is 116 Å². The second-order valence-corrected chi connectivity index (χ2v) is 5.63. The van der Waals surface area contributed by atoms with E-state index in [4.69, 9.17) is 0 Å². The predicted molar refractivity (Wildman–Crippen MR) is 80.1 cm³/mol. The molecule has 0 N–H and O–H groups in total. The lowest BCUT2D eigenvalue weighted by molar-refractivity contribution is 0.902. The molecule has 1 unspecified atom stereocenters. The number of thioether (sulfide) groups is 1. The van der Waals surface area contributed by atoms with Crippen LogP contribution in [-0.4, -0.2) is 11.1 Å². The number of benzene rings is 2. The van der Waals surface area contributed by atoms with Crippen molar-refractivity contribution in [3.05, 3.63) is 66.2 Å². The maximum absolute atomic E-state index is 3.61. The topological polar surface area (TPSA) is 0 Å². The zero-order valence-corrected chi connectivity index (χ0v) is 12.0. The lowest BCUT2D eigenvalue weighted by atomic mass is 10.0. The van der Waals surface area contributed by atoms with Crippen LogP contribution < -0.4 is 0 Å². The van der Waals surface area contributed by atoms with Crippen molar-refractivity contribution in [3.63, 3.8) is 0 Å². The Morgan fingerprint density at radius 3 is 2.06 bits per heavy atom. The second-order valence-electron chi connectivity index (χ2n) is 3.89. The van der Waals surface area contributed by atoms with E-state index in [1.807, 2.05) is 11.8 Å². The molecule has 0 saturated carbocycles. The van der Waals surface area contributed by atoms with Gasteiger partial charge in [-0.05, 0) is 17.7 Å². The summed E-state index contributed by atoms with van der Waals surface area (Å²) in [5.74, 6) is 1.68. The zero-order valence-electron chi connectivity index (χ0n) is 9.55. The van der Waals surface area contributed by atoms with Gasteiger partial charge in [0.1, 0.15) is 0 Å². The molecule has 2 aromatic rings. The normalized spacial score (nSPS) is 12.3. The fraction of sp³-hybridized carbons (Fsp3) is 0.200. The van der Waals surface area contributed by atoms with Crippen LogP contribution in [-0.2, 0) is 0 Å². The Morgan fingerprint density at radius 1 is 0.882 bits per heavy atom. The molecular weight excluding hydrogens is 292 g/mol. The highest BCUT2D eigenvalue weighted by Gasteiger charge is 2.09. The molecule has 2 rings (SSSR count). The molecule has 0 saturated heterocycles.